The molecule has 1 fully saturated rings. The van der Waals surface area contributed by atoms with Gasteiger partial charge in [0.25, 0.3) is 0 Å². The summed E-state index contributed by atoms with van der Waals surface area (Å²) in [5, 5.41) is 7.49. The fourth-order valence-corrected chi connectivity index (χ4v) is 3.65. The molecule has 37 heavy (non-hydrogen) atoms. The van der Waals surface area contributed by atoms with E-state index in [0.717, 1.165) is 34.5 Å². The Balaban J connectivity index is 1.37. The zero-order chi connectivity index (χ0) is 26.0. The van der Waals surface area contributed by atoms with E-state index >= 15 is 0 Å². The fraction of sp³-hybridized carbons (Fsp3) is 0.222. The Kier molecular flexibility index (Phi) is 8.66. The maximum Gasteiger partial charge on any atom is 0.245 e. The minimum absolute atomic E-state index is 0.200. The number of benzene rings is 1. The third-order valence-corrected chi connectivity index (χ3v) is 5.46. The number of anilines is 4. The molecule has 4 rings (SSSR count). The SMILES string of the molecule is C=C/C=C(/C)N=C(C)c1cccc(Nc2ccc(/C=N/Nc3ncc(F)c(N4CCOCC4)n3)nc2)c1. The Hall–Kier alpha value is -4.44. The van der Waals surface area contributed by atoms with Gasteiger partial charge in [0.2, 0.25) is 5.95 Å². The van der Waals surface area contributed by atoms with Gasteiger partial charge in [0, 0.05) is 30.2 Å². The summed E-state index contributed by atoms with van der Waals surface area (Å²) in [5.41, 5.74) is 7.95. The molecule has 190 valence electrons. The summed E-state index contributed by atoms with van der Waals surface area (Å²) < 4.78 is 19.5. The standard InChI is InChI=1S/C27H29FN8O/c1-4-6-19(2)32-20(3)21-7-5-8-22(15-21)33-24-10-9-23(29-16-24)17-31-35-27-30-18-25(28)26(34-27)36-11-13-37-14-12-36/h4-10,15-18,33H,1,11-14H2,2-3H3,(H,30,34,35)/b19-6-,31-17+,32-20?. The average molecular weight is 501 g/mol. The number of morpholine rings is 1. The van der Waals surface area contributed by atoms with Crippen molar-refractivity contribution in [2.75, 3.05) is 41.9 Å². The normalized spacial score (nSPS) is 14.6. The Morgan fingerprint density at radius 3 is 2.70 bits per heavy atom. The highest BCUT2D eigenvalue weighted by Crippen LogP contribution is 2.19. The second kappa shape index (κ2) is 12.5. The van der Waals surface area contributed by atoms with Gasteiger partial charge in [-0.05, 0) is 49.8 Å². The molecular weight excluding hydrogens is 471 g/mol. The summed E-state index contributed by atoms with van der Waals surface area (Å²) in [6.45, 7) is 9.84. The van der Waals surface area contributed by atoms with Gasteiger partial charge in [-0.1, -0.05) is 24.8 Å². The quantitative estimate of drug-likeness (QED) is 0.244. The number of nitrogens with zero attached hydrogens (tertiary/aromatic N) is 6. The van der Waals surface area contributed by atoms with Gasteiger partial charge in [0.05, 0.1) is 43.2 Å². The van der Waals surface area contributed by atoms with E-state index in [1.807, 2.05) is 61.2 Å². The number of halogens is 1. The largest absolute Gasteiger partial charge is 0.378 e. The first-order valence-electron chi connectivity index (χ1n) is 11.8. The van der Waals surface area contributed by atoms with Crippen LogP contribution in [0.4, 0.5) is 27.5 Å². The van der Waals surface area contributed by atoms with Crippen molar-refractivity contribution in [3.05, 3.63) is 90.3 Å². The molecule has 9 nitrogen and oxygen atoms in total. The highest BCUT2D eigenvalue weighted by molar-refractivity contribution is 6.00. The summed E-state index contributed by atoms with van der Waals surface area (Å²) in [6.07, 6.45) is 7.99. The predicted octanol–water partition coefficient (Wildman–Crippen LogP) is 4.94. The van der Waals surface area contributed by atoms with E-state index in [1.165, 1.54) is 0 Å². The van der Waals surface area contributed by atoms with Crippen molar-refractivity contribution in [2.24, 2.45) is 10.1 Å². The molecular formula is C27H29FN8O. The fourth-order valence-electron chi connectivity index (χ4n) is 3.65. The minimum atomic E-state index is -0.478. The van der Waals surface area contributed by atoms with Crippen molar-refractivity contribution in [1.82, 2.24) is 15.0 Å². The van der Waals surface area contributed by atoms with Gasteiger partial charge in [-0.25, -0.2) is 14.8 Å². The lowest BCUT2D eigenvalue weighted by Gasteiger charge is -2.27. The number of pyridine rings is 1. The molecule has 0 spiro atoms. The van der Waals surface area contributed by atoms with Crippen LogP contribution in [0.3, 0.4) is 0 Å². The Morgan fingerprint density at radius 2 is 1.95 bits per heavy atom. The Bertz CT molecular complexity index is 1310. The molecule has 3 aromatic rings. The first-order chi connectivity index (χ1) is 18.0. The summed E-state index contributed by atoms with van der Waals surface area (Å²) in [7, 11) is 0. The van der Waals surface area contributed by atoms with Crippen LogP contribution in [0.5, 0.6) is 0 Å². The summed E-state index contributed by atoms with van der Waals surface area (Å²) in [6, 6.07) is 11.8. The van der Waals surface area contributed by atoms with Gasteiger partial charge in [0.15, 0.2) is 11.6 Å². The first kappa shape index (κ1) is 25.6. The van der Waals surface area contributed by atoms with Crippen LogP contribution >= 0.6 is 0 Å². The molecule has 10 heteroatoms. The molecule has 1 aliphatic rings. The molecule has 3 heterocycles. The maximum atomic E-state index is 14.2. The zero-order valence-electron chi connectivity index (χ0n) is 20.9. The summed E-state index contributed by atoms with van der Waals surface area (Å²) in [5.74, 6) is -0.0430. The highest BCUT2D eigenvalue weighted by Gasteiger charge is 2.17. The third kappa shape index (κ3) is 7.28. The number of nitrogens with one attached hydrogen (secondary N) is 2. The molecule has 1 saturated heterocycles. The van der Waals surface area contributed by atoms with E-state index in [9.17, 15) is 4.39 Å². The number of allylic oxidation sites excluding steroid dienone is 3. The second-order valence-corrected chi connectivity index (χ2v) is 8.25. The van der Waals surface area contributed by atoms with Crippen LogP contribution in [0.2, 0.25) is 0 Å². The van der Waals surface area contributed by atoms with Gasteiger partial charge < -0.3 is 15.0 Å². The van der Waals surface area contributed by atoms with Gasteiger partial charge >= 0.3 is 0 Å². The van der Waals surface area contributed by atoms with Crippen molar-refractivity contribution in [2.45, 2.75) is 13.8 Å². The van der Waals surface area contributed by atoms with Crippen molar-refractivity contribution in [1.29, 1.82) is 0 Å². The molecule has 0 aliphatic carbocycles. The Morgan fingerprint density at radius 1 is 1.11 bits per heavy atom. The number of ether oxygens (including phenoxy) is 1. The van der Waals surface area contributed by atoms with Gasteiger partial charge in [-0.3, -0.25) is 9.98 Å². The molecule has 2 aromatic heterocycles. The van der Waals surface area contributed by atoms with E-state index in [0.29, 0.717) is 32.0 Å². The van der Waals surface area contributed by atoms with E-state index < -0.39 is 5.82 Å². The number of hydrogen-bond acceptors (Lipinski definition) is 9. The molecule has 0 saturated carbocycles. The van der Waals surface area contributed by atoms with Crippen LogP contribution < -0.4 is 15.6 Å². The van der Waals surface area contributed by atoms with Gasteiger partial charge in [0.1, 0.15) is 0 Å². The molecule has 2 N–H and O–H groups in total. The maximum absolute atomic E-state index is 14.2. The number of aliphatic imine (C=N–C) groups is 1. The van der Waals surface area contributed by atoms with E-state index in [-0.39, 0.29) is 11.8 Å². The number of hydrogen-bond donors (Lipinski definition) is 2. The van der Waals surface area contributed by atoms with Crippen LogP contribution in [-0.2, 0) is 4.74 Å². The van der Waals surface area contributed by atoms with E-state index in [1.54, 1.807) is 18.5 Å². The van der Waals surface area contributed by atoms with Crippen LogP contribution in [-0.4, -0.2) is 53.2 Å². The summed E-state index contributed by atoms with van der Waals surface area (Å²) >= 11 is 0. The Labute approximate surface area is 215 Å². The van der Waals surface area contributed by atoms with E-state index in [4.69, 9.17) is 4.74 Å². The second-order valence-electron chi connectivity index (χ2n) is 8.25. The molecule has 0 bridgehead atoms. The molecule has 0 radical (unpaired) electrons. The third-order valence-electron chi connectivity index (χ3n) is 5.46. The van der Waals surface area contributed by atoms with Crippen molar-refractivity contribution < 1.29 is 9.13 Å². The smallest absolute Gasteiger partial charge is 0.245 e. The van der Waals surface area contributed by atoms with Crippen LogP contribution in [0.1, 0.15) is 25.1 Å². The molecule has 0 unspecified atom stereocenters. The van der Waals surface area contributed by atoms with Crippen LogP contribution in [0.15, 0.2) is 83.3 Å². The first-order valence-corrected chi connectivity index (χ1v) is 11.8. The lowest BCUT2D eigenvalue weighted by Crippen LogP contribution is -2.37. The van der Waals surface area contributed by atoms with Crippen molar-refractivity contribution in [3.8, 4) is 0 Å². The molecule has 1 aromatic carbocycles. The number of hydrazone groups is 1. The van der Waals surface area contributed by atoms with Crippen molar-refractivity contribution >= 4 is 35.1 Å². The topological polar surface area (TPSA) is 99.9 Å². The zero-order valence-corrected chi connectivity index (χ0v) is 20.9. The lowest BCUT2D eigenvalue weighted by atomic mass is 10.1. The minimum Gasteiger partial charge on any atom is -0.378 e. The average Bonchev–Trinajstić information content (AvgIpc) is 2.91. The van der Waals surface area contributed by atoms with Gasteiger partial charge in [-0.15, -0.1) is 0 Å². The summed E-state index contributed by atoms with van der Waals surface area (Å²) in [4.78, 5) is 19.0. The number of aromatic nitrogens is 3. The monoisotopic (exact) mass is 500 g/mol. The van der Waals surface area contributed by atoms with E-state index in [2.05, 4.69) is 42.4 Å². The highest BCUT2D eigenvalue weighted by atomic mass is 19.1. The van der Waals surface area contributed by atoms with Crippen LogP contribution in [0.25, 0.3) is 0 Å². The molecule has 1 aliphatic heterocycles. The predicted molar refractivity (Wildman–Crippen MR) is 146 cm³/mol. The molecule has 0 amide bonds. The lowest BCUT2D eigenvalue weighted by molar-refractivity contribution is 0.122. The van der Waals surface area contributed by atoms with Gasteiger partial charge in [-0.2, -0.15) is 10.1 Å². The number of rotatable bonds is 9. The van der Waals surface area contributed by atoms with Crippen molar-refractivity contribution in [3.63, 3.8) is 0 Å². The molecule has 0 atom stereocenters. The van der Waals surface area contributed by atoms with Crippen LogP contribution in [0, 0.1) is 5.82 Å².